The van der Waals surface area contributed by atoms with E-state index in [4.69, 9.17) is 24.2 Å². The first-order chi connectivity index (χ1) is 29.3. The Labute approximate surface area is 362 Å². The fourth-order valence-corrected chi connectivity index (χ4v) is 10.1. The molecular formula is C45H56N6O8S2. The van der Waals surface area contributed by atoms with Crippen LogP contribution in [-0.4, -0.2) is 96.8 Å². The Morgan fingerprint density at radius 2 is 1.74 bits per heavy atom. The van der Waals surface area contributed by atoms with Crippen LogP contribution in [0.4, 0.5) is 4.79 Å². The first kappa shape index (κ1) is 43.9. The zero-order valence-electron chi connectivity index (χ0n) is 35.5. The summed E-state index contributed by atoms with van der Waals surface area (Å²) in [4.78, 5) is 56.3. The molecule has 326 valence electrons. The molecule has 2 aromatic heterocycles. The number of hydrogen-bond donors (Lipinski definition) is 2. The second-order valence-corrected chi connectivity index (χ2v) is 19.2. The molecule has 2 aromatic carbocycles. The van der Waals surface area contributed by atoms with Crippen LogP contribution >= 0.6 is 11.3 Å². The third-order valence-corrected chi connectivity index (χ3v) is 14.3. The molecule has 14 nitrogen and oxygen atoms in total. The summed E-state index contributed by atoms with van der Waals surface area (Å²) in [6, 6.07) is 10.7. The van der Waals surface area contributed by atoms with Gasteiger partial charge in [-0.15, -0.1) is 11.3 Å². The number of sulfonamides is 1. The van der Waals surface area contributed by atoms with Crippen LogP contribution < -0.4 is 24.2 Å². The maximum absolute atomic E-state index is 14.9. The Morgan fingerprint density at radius 3 is 2.44 bits per heavy atom. The van der Waals surface area contributed by atoms with Crippen molar-refractivity contribution in [1.82, 2.24) is 29.8 Å². The predicted octanol–water partition coefficient (Wildman–Crippen LogP) is 7.25. The van der Waals surface area contributed by atoms with Gasteiger partial charge in [0, 0.05) is 41.9 Å². The Kier molecular flexibility index (Phi) is 13.8. The van der Waals surface area contributed by atoms with E-state index < -0.39 is 45.3 Å². The number of hydrogen-bond acceptors (Lipinski definition) is 11. The lowest BCUT2D eigenvalue weighted by Crippen LogP contribution is -2.55. The van der Waals surface area contributed by atoms with Crippen LogP contribution in [0, 0.1) is 6.92 Å². The number of nitrogens with zero attached hydrogens (tertiary/aromatic N) is 4. The maximum Gasteiger partial charge on any atom is 0.321 e. The summed E-state index contributed by atoms with van der Waals surface area (Å²) in [6.45, 7) is 6.96. The van der Waals surface area contributed by atoms with Gasteiger partial charge in [-0.1, -0.05) is 44.6 Å². The first-order valence-corrected chi connectivity index (χ1v) is 23.6. The highest BCUT2D eigenvalue weighted by atomic mass is 32.2. The van der Waals surface area contributed by atoms with Gasteiger partial charge in [-0.05, 0) is 87.6 Å². The summed E-state index contributed by atoms with van der Waals surface area (Å²) in [7, 11) is -0.654. The number of nitrogens with one attached hydrogen (secondary N) is 2. The Hall–Kier alpha value is -5.22. The second kappa shape index (κ2) is 19.2. The van der Waals surface area contributed by atoms with Crippen LogP contribution in [0.2, 0.25) is 0 Å². The lowest BCUT2D eigenvalue weighted by Gasteiger charge is -2.32. The van der Waals surface area contributed by atoms with Crippen LogP contribution in [0.15, 0.2) is 60.0 Å². The minimum Gasteiger partial charge on any atom is -0.497 e. The molecule has 2 N–H and O–H groups in total. The number of fused-ring (bicyclic) bond motifs is 2. The summed E-state index contributed by atoms with van der Waals surface area (Å²) in [5.41, 5.74) is 3.99. The lowest BCUT2D eigenvalue weighted by molar-refractivity contribution is -0.130. The number of aryl methyl sites for hydroxylation is 1. The number of carbonyl (C=O) groups excluding carboxylic acids is 3. The number of carbonyl (C=O) groups is 3. The molecule has 3 unspecified atom stereocenters. The molecule has 7 rings (SSSR count). The van der Waals surface area contributed by atoms with Crippen LogP contribution in [0.1, 0.15) is 94.4 Å². The highest BCUT2D eigenvalue weighted by Gasteiger charge is 2.44. The van der Waals surface area contributed by atoms with Crippen molar-refractivity contribution in [2.75, 3.05) is 27.3 Å². The van der Waals surface area contributed by atoms with Gasteiger partial charge in [0.2, 0.25) is 15.9 Å². The third-order valence-electron chi connectivity index (χ3n) is 11.5. The quantitative estimate of drug-likeness (QED) is 0.146. The molecule has 4 amide bonds. The largest absolute Gasteiger partial charge is 0.497 e. The summed E-state index contributed by atoms with van der Waals surface area (Å²) in [6.07, 6.45) is 8.49. The molecular weight excluding hydrogens is 817 g/mol. The summed E-state index contributed by atoms with van der Waals surface area (Å²) in [5, 5.41) is 5.75. The standard InChI is InChI=1S/C45H56N6O8S2/c1-28(2)37-27-60-44(48-37)36-24-40(34-20-21-39(58-5)29(3)41(34)46-36)59-32-23-38-43(53)47-35(42(52)49-61(55,56)33-18-19-33)13-11-9-7-6-8-10-12-22-50(45(54)51(38)26-32)25-30-14-16-31(57-4)17-15-30/h7,9,14-17,20-21,24,27-28,32-33,35,38H,6,8,10-13,18-19,22-23,25-26H2,1-5H3,(H,47,53)(H,49,52). The van der Waals surface area contributed by atoms with Crippen LogP contribution in [-0.2, 0) is 26.2 Å². The van der Waals surface area contributed by atoms with E-state index in [0.29, 0.717) is 60.8 Å². The van der Waals surface area contributed by atoms with Crippen LogP contribution in [0.5, 0.6) is 17.2 Å². The van der Waals surface area contributed by atoms with E-state index >= 15 is 0 Å². The van der Waals surface area contributed by atoms with E-state index in [-0.39, 0.29) is 31.3 Å². The van der Waals surface area contributed by atoms with Crippen LogP contribution in [0.3, 0.4) is 0 Å². The van der Waals surface area contributed by atoms with E-state index in [0.717, 1.165) is 52.9 Å². The zero-order chi connectivity index (χ0) is 43.3. The van der Waals surface area contributed by atoms with Crippen molar-refractivity contribution >= 4 is 50.1 Å². The normalized spacial score (nSPS) is 20.7. The molecule has 0 bridgehead atoms. The number of ether oxygens (including phenoxy) is 3. The van der Waals surface area contributed by atoms with Gasteiger partial charge in [0.15, 0.2) is 0 Å². The number of rotatable bonds is 11. The number of allylic oxidation sites excluding steroid dienone is 2. The Bertz CT molecular complexity index is 2360. The molecule has 61 heavy (non-hydrogen) atoms. The van der Waals surface area contributed by atoms with Crippen molar-refractivity contribution in [2.24, 2.45) is 0 Å². The molecule has 3 atom stereocenters. The summed E-state index contributed by atoms with van der Waals surface area (Å²) in [5.74, 6) is 0.776. The smallest absolute Gasteiger partial charge is 0.321 e. The molecule has 0 spiro atoms. The van der Waals surface area contributed by atoms with E-state index in [9.17, 15) is 22.8 Å². The second-order valence-electron chi connectivity index (χ2n) is 16.4. The van der Waals surface area contributed by atoms with Gasteiger partial charge >= 0.3 is 6.03 Å². The van der Waals surface area contributed by atoms with Gasteiger partial charge in [-0.3, -0.25) is 14.3 Å². The molecule has 3 aliphatic rings. The summed E-state index contributed by atoms with van der Waals surface area (Å²) < 4.78 is 45.8. The number of thiazole rings is 1. The number of urea groups is 1. The number of benzene rings is 2. The molecule has 1 aliphatic carbocycles. The highest BCUT2D eigenvalue weighted by Crippen LogP contribution is 2.38. The number of methoxy groups -OCH3 is 2. The topological polar surface area (TPSA) is 169 Å². The van der Waals surface area contributed by atoms with Gasteiger partial charge in [0.25, 0.3) is 5.91 Å². The van der Waals surface area contributed by atoms with Crippen molar-refractivity contribution in [2.45, 2.75) is 114 Å². The molecule has 2 aliphatic heterocycles. The third kappa shape index (κ3) is 10.5. The minimum absolute atomic E-state index is 0.0781. The maximum atomic E-state index is 14.9. The van der Waals surface area contributed by atoms with Crippen molar-refractivity contribution in [1.29, 1.82) is 0 Å². The van der Waals surface area contributed by atoms with E-state index in [2.05, 4.69) is 23.9 Å². The lowest BCUT2D eigenvalue weighted by atomic mass is 10.1. The highest BCUT2D eigenvalue weighted by molar-refractivity contribution is 7.90. The van der Waals surface area contributed by atoms with Crippen molar-refractivity contribution in [3.05, 3.63) is 76.8 Å². The fourth-order valence-electron chi connectivity index (χ4n) is 7.82. The zero-order valence-corrected chi connectivity index (χ0v) is 37.1. The average molecular weight is 873 g/mol. The van der Waals surface area contributed by atoms with Crippen molar-refractivity contribution in [3.8, 4) is 28.0 Å². The molecule has 16 heteroatoms. The Morgan fingerprint density at radius 1 is 0.967 bits per heavy atom. The molecule has 1 saturated heterocycles. The minimum atomic E-state index is -3.87. The SMILES string of the molecule is COc1ccc(CN2CCCCCC=CCCC(C(=O)NS(=O)(=O)C3CC3)NC(=O)C3CC(Oc4cc(-c5nc(C(C)C)cs5)nc5c(C)c(OC)ccc45)CN3C2=O)cc1. The number of aromatic nitrogens is 2. The van der Waals surface area contributed by atoms with E-state index in [1.54, 1.807) is 24.0 Å². The molecule has 2 fully saturated rings. The Balaban J connectivity index is 1.24. The van der Waals surface area contributed by atoms with Gasteiger partial charge in [0.05, 0.1) is 37.2 Å². The molecule has 1 saturated carbocycles. The van der Waals surface area contributed by atoms with Gasteiger partial charge in [0.1, 0.15) is 46.1 Å². The van der Waals surface area contributed by atoms with E-state index in [1.807, 2.05) is 66.9 Å². The van der Waals surface area contributed by atoms with Crippen molar-refractivity contribution < 1.29 is 37.0 Å². The van der Waals surface area contributed by atoms with Crippen molar-refractivity contribution in [3.63, 3.8) is 0 Å². The van der Waals surface area contributed by atoms with Crippen LogP contribution in [0.25, 0.3) is 21.6 Å². The van der Waals surface area contributed by atoms with Gasteiger partial charge < -0.3 is 29.3 Å². The van der Waals surface area contributed by atoms with Gasteiger partial charge in [-0.25, -0.2) is 23.2 Å². The number of amides is 4. The molecule has 0 radical (unpaired) electrons. The first-order valence-electron chi connectivity index (χ1n) is 21.1. The van der Waals surface area contributed by atoms with E-state index in [1.165, 1.54) is 11.3 Å². The average Bonchev–Trinajstić information content (AvgIpc) is 3.85. The summed E-state index contributed by atoms with van der Waals surface area (Å²) >= 11 is 1.50. The number of pyridine rings is 1. The fraction of sp³-hybridized carbons (Fsp3) is 0.489. The predicted molar refractivity (Wildman–Crippen MR) is 235 cm³/mol. The van der Waals surface area contributed by atoms with Gasteiger partial charge in [-0.2, -0.15) is 0 Å². The molecule has 4 heterocycles. The monoisotopic (exact) mass is 872 g/mol. The molecule has 4 aromatic rings.